The topological polar surface area (TPSA) is 41.6 Å². The van der Waals surface area contributed by atoms with Gasteiger partial charge >= 0.3 is 0 Å². The summed E-state index contributed by atoms with van der Waals surface area (Å²) in [4.78, 5) is 12.5. The first-order valence-corrected chi connectivity index (χ1v) is 8.60. The lowest BCUT2D eigenvalue weighted by molar-refractivity contribution is 1.20. The van der Waals surface area contributed by atoms with Gasteiger partial charge in [-0.15, -0.1) is 0 Å². The molecule has 0 saturated carbocycles. The summed E-state index contributed by atoms with van der Waals surface area (Å²) in [6.45, 7) is 11.8. The van der Waals surface area contributed by atoms with Crippen LogP contribution in [0.25, 0.3) is 27.9 Å². The van der Waals surface area contributed by atoms with Crippen molar-refractivity contribution in [3.05, 3.63) is 78.8 Å². The zero-order valence-corrected chi connectivity index (χ0v) is 15.4. The van der Waals surface area contributed by atoms with Gasteiger partial charge in [-0.1, -0.05) is 50.8 Å². The van der Waals surface area contributed by atoms with Crippen LogP contribution in [-0.4, -0.2) is 15.0 Å². The largest absolute Gasteiger partial charge is 0.339 e. The number of H-pyrrole nitrogens is 1. The van der Waals surface area contributed by atoms with Crippen molar-refractivity contribution < 1.29 is 1.43 Å². The van der Waals surface area contributed by atoms with Gasteiger partial charge in [0, 0.05) is 30.0 Å². The Labute approximate surface area is 151 Å². The molecule has 0 radical (unpaired) electrons. The van der Waals surface area contributed by atoms with Gasteiger partial charge in [0.2, 0.25) is 0 Å². The summed E-state index contributed by atoms with van der Waals surface area (Å²) in [5.41, 5.74) is 5.94. The van der Waals surface area contributed by atoms with E-state index in [0.29, 0.717) is 0 Å². The molecule has 3 heteroatoms. The molecule has 3 nitrogen and oxygen atoms in total. The standard InChI is InChI=1S/C20H19N3.C2H6.H2/c1-4-7-15(8-5-2)19-12-16-11-17(13-21-20(16)23-19)18-10-6-9-14(3)22-18;1-2;/h4-13H,1H2,2-3H3,(H,21,23);1-2H3;1H/b8-5-,15-7+;;. The van der Waals surface area contributed by atoms with Crippen LogP contribution >= 0.6 is 0 Å². The maximum Gasteiger partial charge on any atom is 0.137 e. The van der Waals surface area contributed by atoms with E-state index in [-0.39, 0.29) is 1.43 Å². The fourth-order valence-electron chi connectivity index (χ4n) is 2.56. The molecular weight excluding hydrogens is 306 g/mol. The van der Waals surface area contributed by atoms with Crippen LogP contribution in [0, 0.1) is 6.92 Å². The number of hydrogen-bond donors (Lipinski definition) is 1. The monoisotopic (exact) mass is 333 g/mol. The molecule has 0 amide bonds. The molecule has 1 N–H and O–H groups in total. The van der Waals surface area contributed by atoms with Crippen LogP contribution in [0.15, 0.2) is 67.4 Å². The highest BCUT2D eigenvalue weighted by atomic mass is 14.9. The van der Waals surface area contributed by atoms with Crippen LogP contribution in [-0.2, 0) is 0 Å². The van der Waals surface area contributed by atoms with E-state index in [9.17, 15) is 0 Å². The van der Waals surface area contributed by atoms with Crippen molar-refractivity contribution in [1.82, 2.24) is 15.0 Å². The Hall–Kier alpha value is -2.94. The van der Waals surface area contributed by atoms with E-state index in [0.717, 1.165) is 39.3 Å². The number of nitrogens with one attached hydrogen (secondary N) is 1. The van der Waals surface area contributed by atoms with Crippen molar-refractivity contribution in [2.24, 2.45) is 0 Å². The van der Waals surface area contributed by atoms with Crippen LogP contribution in [0.5, 0.6) is 0 Å². The summed E-state index contributed by atoms with van der Waals surface area (Å²) in [5, 5.41) is 1.07. The van der Waals surface area contributed by atoms with Gasteiger partial charge in [-0.2, -0.15) is 0 Å². The number of aryl methyl sites for hydroxylation is 1. The first-order valence-electron chi connectivity index (χ1n) is 8.60. The molecule has 0 atom stereocenters. The number of allylic oxidation sites excluding steroid dienone is 5. The number of hydrogen-bond acceptors (Lipinski definition) is 2. The SMILES string of the molecule is C=C/C=C(\C=C/C)c1cc2cc(-c3cccc(C)n3)cnc2[nH]1.CC.[HH]. The summed E-state index contributed by atoms with van der Waals surface area (Å²) < 4.78 is 0. The molecule has 0 aliphatic heterocycles. The predicted octanol–water partition coefficient (Wildman–Crippen LogP) is 6.35. The second-order valence-electron chi connectivity index (χ2n) is 5.37. The molecule has 0 aliphatic carbocycles. The minimum atomic E-state index is 0. The number of rotatable bonds is 4. The lowest BCUT2D eigenvalue weighted by Crippen LogP contribution is -1.87. The molecule has 25 heavy (non-hydrogen) atoms. The van der Waals surface area contributed by atoms with Crippen molar-refractivity contribution in [1.29, 1.82) is 0 Å². The van der Waals surface area contributed by atoms with Crippen molar-refractivity contribution in [3.63, 3.8) is 0 Å². The normalized spacial score (nSPS) is 11.4. The third kappa shape index (κ3) is 4.32. The number of aromatic amines is 1. The fourth-order valence-corrected chi connectivity index (χ4v) is 2.56. The second-order valence-corrected chi connectivity index (χ2v) is 5.37. The van der Waals surface area contributed by atoms with Gasteiger partial charge in [0.05, 0.1) is 5.69 Å². The molecule has 3 heterocycles. The average molecular weight is 333 g/mol. The highest BCUT2D eigenvalue weighted by Crippen LogP contribution is 2.25. The average Bonchev–Trinajstić information content (AvgIpc) is 3.06. The van der Waals surface area contributed by atoms with Gasteiger partial charge in [-0.3, -0.25) is 4.98 Å². The quantitative estimate of drug-likeness (QED) is 0.565. The van der Waals surface area contributed by atoms with Crippen LogP contribution in [0.2, 0.25) is 0 Å². The highest BCUT2D eigenvalue weighted by molar-refractivity contribution is 5.87. The van der Waals surface area contributed by atoms with Gasteiger partial charge in [-0.05, 0) is 43.7 Å². The van der Waals surface area contributed by atoms with E-state index in [4.69, 9.17) is 0 Å². The van der Waals surface area contributed by atoms with E-state index < -0.39 is 0 Å². The Kier molecular flexibility index (Phi) is 6.47. The Morgan fingerprint density at radius 3 is 2.72 bits per heavy atom. The minimum absolute atomic E-state index is 0. The zero-order valence-electron chi connectivity index (χ0n) is 15.4. The Morgan fingerprint density at radius 1 is 1.24 bits per heavy atom. The smallest absolute Gasteiger partial charge is 0.137 e. The predicted molar refractivity (Wildman–Crippen MR) is 111 cm³/mol. The van der Waals surface area contributed by atoms with Crippen LogP contribution in [0.4, 0.5) is 0 Å². The van der Waals surface area contributed by atoms with Crippen LogP contribution in [0.1, 0.15) is 33.6 Å². The lowest BCUT2D eigenvalue weighted by atomic mass is 10.1. The molecule has 3 aromatic rings. The van der Waals surface area contributed by atoms with E-state index in [1.54, 1.807) is 6.08 Å². The van der Waals surface area contributed by atoms with E-state index in [2.05, 4.69) is 39.7 Å². The van der Waals surface area contributed by atoms with Gasteiger partial charge in [0.1, 0.15) is 5.65 Å². The molecule has 0 aliphatic rings. The van der Waals surface area contributed by atoms with Crippen molar-refractivity contribution in [3.8, 4) is 11.3 Å². The van der Waals surface area contributed by atoms with Crippen molar-refractivity contribution >= 4 is 16.6 Å². The third-order valence-corrected chi connectivity index (χ3v) is 3.61. The number of fused-ring (bicyclic) bond motifs is 1. The maximum absolute atomic E-state index is 4.57. The van der Waals surface area contributed by atoms with E-state index >= 15 is 0 Å². The summed E-state index contributed by atoms with van der Waals surface area (Å²) >= 11 is 0. The summed E-state index contributed by atoms with van der Waals surface area (Å²) in [6, 6.07) is 10.2. The number of aromatic nitrogens is 3. The van der Waals surface area contributed by atoms with Crippen LogP contribution < -0.4 is 0 Å². The minimum Gasteiger partial charge on any atom is -0.339 e. The molecule has 0 spiro atoms. The Bertz CT molecular complexity index is 920. The molecular formula is C22H27N3. The van der Waals surface area contributed by atoms with E-state index in [1.807, 2.05) is 64.2 Å². The molecule has 3 aromatic heterocycles. The molecule has 0 unspecified atom stereocenters. The molecule has 3 rings (SSSR count). The molecule has 0 bridgehead atoms. The summed E-state index contributed by atoms with van der Waals surface area (Å²) in [5.74, 6) is 0. The van der Waals surface area contributed by atoms with Crippen molar-refractivity contribution in [2.45, 2.75) is 27.7 Å². The van der Waals surface area contributed by atoms with Gasteiger partial charge in [-0.25, -0.2) is 4.98 Å². The second kappa shape index (κ2) is 8.78. The van der Waals surface area contributed by atoms with Gasteiger partial charge in [0.15, 0.2) is 0 Å². The summed E-state index contributed by atoms with van der Waals surface area (Å²) in [7, 11) is 0. The van der Waals surface area contributed by atoms with Crippen LogP contribution in [0.3, 0.4) is 0 Å². The van der Waals surface area contributed by atoms with Gasteiger partial charge in [0.25, 0.3) is 0 Å². The van der Waals surface area contributed by atoms with E-state index in [1.165, 1.54) is 0 Å². The van der Waals surface area contributed by atoms with Gasteiger partial charge < -0.3 is 4.98 Å². The van der Waals surface area contributed by atoms with Crippen molar-refractivity contribution in [2.75, 3.05) is 0 Å². The Morgan fingerprint density at radius 2 is 2.04 bits per heavy atom. The molecule has 0 aromatic carbocycles. The first-order chi connectivity index (χ1) is 12.2. The number of nitrogens with zero attached hydrogens (tertiary/aromatic N) is 2. The number of pyridine rings is 2. The highest BCUT2D eigenvalue weighted by Gasteiger charge is 2.07. The Balaban J connectivity index is 0.00000109. The maximum atomic E-state index is 4.57. The summed E-state index contributed by atoms with van der Waals surface area (Å²) in [6.07, 6.45) is 9.69. The first kappa shape index (κ1) is 18.4. The lowest BCUT2D eigenvalue weighted by Gasteiger charge is -2.01. The molecule has 0 fully saturated rings. The third-order valence-electron chi connectivity index (χ3n) is 3.61. The zero-order chi connectivity index (χ0) is 18.2. The fraction of sp³-hybridized carbons (Fsp3) is 0.182. The molecule has 130 valence electrons. The molecule has 0 saturated heterocycles.